The summed E-state index contributed by atoms with van der Waals surface area (Å²) < 4.78 is 9.97. The van der Waals surface area contributed by atoms with Crippen LogP contribution < -0.4 is 4.74 Å². The van der Waals surface area contributed by atoms with E-state index < -0.39 is 0 Å². The van der Waals surface area contributed by atoms with Crippen LogP contribution in [0.2, 0.25) is 0 Å². The van der Waals surface area contributed by atoms with Crippen LogP contribution >= 0.6 is 0 Å². The lowest BCUT2D eigenvalue weighted by atomic mass is 10.1. The molecule has 0 atom stereocenters. The molecular weight excluding hydrogens is 180 g/mol. The maximum absolute atomic E-state index is 11.5. The SMILES string of the molecule is CCOC(=O)c1cc(C)ccc1OC. The summed E-state index contributed by atoms with van der Waals surface area (Å²) in [6, 6.07) is 5.42. The van der Waals surface area contributed by atoms with Gasteiger partial charge >= 0.3 is 5.97 Å². The van der Waals surface area contributed by atoms with Crippen LogP contribution in [-0.2, 0) is 4.74 Å². The zero-order valence-electron chi connectivity index (χ0n) is 8.66. The number of hydrogen-bond acceptors (Lipinski definition) is 3. The standard InChI is InChI=1S/C11H14O3/c1-4-14-11(12)9-7-8(2)5-6-10(9)13-3/h5-7H,4H2,1-3H3. The molecule has 1 aromatic rings. The van der Waals surface area contributed by atoms with Gasteiger partial charge in [-0.1, -0.05) is 11.6 Å². The van der Waals surface area contributed by atoms with Crippen molar-refractivity contribution in [1.29, 1.82) is 0 Å². The van der Waals surface area contributed by atoms with Crippen molar-refractivity contribution in [2.45, 2.75) is 13.8 Å². The molecule has 3 nitrogen and oxygen atoms in total. The number of rotatable bonds is 3. The van der Waals surface area contributed by atoms with E-state index in [1.54, 1.807) is 19.1 Å². The summed E-state index contributed by atoms with van der Waals surface area (Å²) in [7, 11) is 1.54. The van der Waals surface area contributed by atoms with Gasteiger partial charge < -0.3 is 9.47 Å². The van der Waals surface area contributed by atoms with E-state index in [0.717, 1.165) is 5.56 Å². The Morgan fingerprint density at radius 2 is 2.14 bits per heavy atom. The minimum atomic E-state index is -0.340. The molecule has 0 radical (unpaired) electrons. The molecule has 0 aromatic heterocycles. The van der Waals surface area contributed by atoms with E-state index in [4.69, 9.17) is 9.47 Å². The van der Waals surface area contributed by atoms with E-state index in [9.17, 15) is 4.79 Å². The van der Waals surface area contributed by atoms with Gasteiger partial charge in [-0.15, -0.1) is 0 Å². The molecule has 0 aliphatic carbocycles. The second-order valence-corrected chi connectivity index (χ2v) is 2.92. The third-order valence-electron chi connectivity index (χ3n) is 1.85. The Kier molecular flexibility index (Phi) is 3.51. The molecule has 0 heterocycles. The van der Waals surface area contributed by atoms with Crippen molar-refractivity contribution in [3.05, 3.63) is 29.3 Å². The molecule has 1 rings (SSSR count). The Bertz CT molecular complexity index is 331. The lowest BCUT2D eigenvalue weighted by Crippen LogP contribution is -2.06. The van der Waals surface area contributed by atoms with E-state index >= 15 is 0 Å². The van der Waals surface area contributed by atoms with E-state index in [-0.39, 0.29) is 5.97 Å². The predicted molar refractivity (Wildman–Crippen MR) is 53.7 cm³/mol. The third-order valence-corrected chi connectivity index (χ3v) is 1.85. The van der Waals surface area contributed by atoms with E-state index in [1.807, 2.05) is 13.0 Å². The van der Waals surface area contributed by atoms with Crippen LogP contribution in [0.25, 0.3) is 0 Å². The summed E-state index contributed by atoms with van der Waals surface area (Å²) in [4.78, 5) is 11.5. The van der Waals surface area contributed by atoms with Crippen LogP contribution in [0.3, 0.4) is 0 Å². The van der Waals surface area contributed by atoms with Crippen molar-refractivity contribution >= 4 is 5.97 Å². The highest BCUT2D eigenvalue weighted by atomic mass is 16.5. The second kappa shape index (κ2) is 4.65. The van der Waals surface area contributed by atoms with Crippen LogP contribution in [0, 0.1) is 6.92 Å². The summed E-state index contributed by atoms with van der Waals surface area (Å²) in [5, 5.41) is 0. The summed E-state index contributed by atoms with van der Waals surface area (Å²) in [5.74, 6) is 0.210. The first-order valence-corrected chi connectivity index (χ1v) is 4.50. The molecule has 0 saturated carbocycles. The van der Waals surface area contributed by atoms with Crippen molar-refractivity contribution in [1.82, 2.24) is 0 Å². The fourth-order valence-corrected chi connectivity index (χ4v) is 1.19. The Hall–Kier alpha value is -1.51. The zero-order valence-corrected chi connectivity index (χ0v) is 8.66. The molecule has 0 saturated heterocycles. The van der Waals surface area contributed by atoms with Gasteiger partial charge in [-0.3, -0.25) is 0 Å². The highest BCUT2D eigenvalue weighted by Gasteiger charge is 2.12. The third kappa shape index (κ3) is 2.25. The molecule has 1 aromatic carbocycles. The lowest BCUT2D eigenvalue weighted by molar-refractivity contribution is 0.0522. The average molecular weight is 194 g/mol. The maximum atomic E-state index is 11.5. The molecule has 14 heavy (non-hydrogen) atoms. The number of esters is 1. The quantitative estimate of drug-likeness (QED) is 0.692. The fourth-order valence-electron chi connectivity index (χ4n) is 1.19. The fraction of sp³-hybridized carbons (Fsp3) is 0.364. The summed E-state index contributed by atoms with van der Waals surface area (Å²) in [5.41, 5.74) is 1.49. The normalized spacial score (nSPS) is 9.64. The predicted octanol–water partition coefficient (Wildman–Crippen LogP) is 2.18. The lowest BCUT2D eigenvalue weighted by Gasteiger charge is -2.08. The van der Waals surface area contributed by atoms with Gasteiger partial charge in [-0.25, -0.2) is 4.79 Å². The van der Waals surface area contributed by atoms with E-state index in [2.05, 4.69) is 0 Å². The number of benzene rings is 1. The minimum absolute atomic E-state index is 0.340. The van der Waals surface area contributed by atoms with Crippen molar-refractivity contribution in [2.75, 3.05) is 13.7 Å². The Morgan fingerprint density at radius 1 is 1.43 bits per heavy atom. The molecule has 76 valence electrons. The monoisotopic (exact) mass is 194 g/mol. The largest absolute Gasteiger partial charge is 0.496 e. The number of carbonyl (C=O) groups excluding carboxylic acids is 1. The van der Waals surface area contributed by atoms with Crippen molar-refractivity contribution in [2.24, 2.45) is 0 Å². The highest BCUT2D eigenvalue weighted by molar-refractivity contribution is 5.92. The van der Waals surface area contributed by atoms with Crippen LogP contribution in [0.4, 0.5) is 0 Å². The van der Waals surface area contributed by atoms with Gasteiger partial charge in [0.05, 0.1) is 13.7 Å². The summed E-state index contributed by atoms with van der Waals surface area (Å²) in [6.07, 6.45) is 0. The van der Waals surface area contributed by atoms with Crippen LogP contribution in [0.15, 0.2) is 18.2 Å². The van der Waals surface area contributed by atoms with Gasteiger partial charge in [-0.2, -0.15) is 0 Å². The van der Waals surface area contributed by atoms with Crippen LogP contribution in [0.1, 0.15) is 22.8 Å². The van der Waals surface area contributed by atoms with Gasteiger partial charge in [0.2, 0.25) is 0 Å². The maximum Gasteiger partial charge on any atom is 0.341 e. The van der Waals surface area contributed by atoms with Gasteiger partial charge in [-0.05, 0) is 26.0 Å². The number of hydrogen-bond donors (Lipinski definition) is 0. The van der Waals surface area contributed by atoms with E-state index in [0.29, 0.717) is 17.9 Å². The minimum Gasteiger partial charge on any atom is -0.496 e. The molecule has 0 aliphatic heterocycles. The van der Waals surface area contributed by atoms with Crippen molar-refractivity contribution in [3.63, 3.8) is 0 Å². The van der Waals surface area contributed by atoms with Gasteiger partial charge in [0.25, 0.3) is 0 Å². The summed E-state index contributed by atoms with van der Waals surface area (Å²) in [6.45, 7) is 4.07. The first kappa shape index (κ1) is 10.6. The molecular formula is C11H14O3. The topological polar surface area (TPSA) is 35.5 Å². The zero-order chi connectivity index (χ0) is 10.6. The second-order valence-electron chi connectivity index (χ2n) is 2.92. The Morgan fingerprint density at radius 3 is 2.71 bits per heavy atom. The van der Waals surface area contributed by atoms with Gasteiger partial charge in [0, 0.05) is 0 Å². The first-order chi connectivity index (χ1) is 6.69. The molecule has 0 spiro atoms. The van der Waals surface area contributed by atoms with Crippen LogP contribution in [0.5, 0.6) is 5.75 Å². The summed E-state index contributed by atoms with van der Waals surface area (Å²) >= 11 is 0. The Balaban J connectivity index is 3.03. The molecule has 3 heteroatoms. The van der Waals surface area contributed by atoms with Crippen molar-refractivity contribution < 1.29 is 14.3 Å². The molecule has 0 aliphatic rings. The number of aryl methyl sites for hydroxylation is 1. The molecule has 0 bridgehead atoms. The van der Waals surface area contributed by atoms with Crippen molar-refractivity contribution in [3.8, 4) is 5.75 Å². The average Bonchev–Trinajstić information content (AvgIpc) is 2.18. The number of carbonyl (C=O) groups is 1. The molecule has 0 unspecified atom stereocenters. The molecule has 0 N–H and O–H groups in total. The van der Waals surface area contributed by atoms with Gasteiger partial charge in [0.1, 0.15) is 11.3 Å². The Labute approximate surface area is 83.6 Å². The van der Waals surface area contributed by atoms with Gasteiger partial charge in [0.15, 0.2) is 0 Å². The smallest absolute Gasteiger partial charge is 0.341 e. The highest BCUT2D eigenvalue weighted by Crippen LogP contribution is 2.20. The van der Waals surface area contributed by atoms with E-state index in [1.165, 1.54) is 7.11 Å². The number of methoxy groups -OCH3 is 1. The van der Waals surface area contributed by atoms with Crippen LogP contribution in [-0.4, -0.2) is 19.7 Å². The molecule has 0 fully saturated rings. The molecule has 0 amide bonds. The first-order valence-electron chi connectivity index (χ1n) is 4.50. The number of ether oxygens (including phenoxy) is 2.